The van der Waals surface area contributed by atoms with Gasteiger partial charge < -0.3 is 9.84 Å². The highest BCUT2D eigenvalue weighted by atomic mass is 32.2. The van der Waals surface area contributed by atoms with E-state index in [1.165, 1.54) is 0 Å². The summed E-state index contributed by atoms with van der Waals surface area (Å²) in [6, 6.07) is 0. The molecule has 1 atom stereocenters. The van der Waals surface area contributed by atoms with Crippen molar-refractivity contribution in [1.29, 1.82) is 0 Å². The van der Waals surface area contributed by atoms with Crippen molar-refractivity contribution in [3.63, 3.8) is 0 Å². The summed E-state index contributed by atoms with van der Waals surface area (Å²) in [5.74, 6) is 0.556. The first kappa shape index (κ1) is 9.07. The Balaban J connectivity index is 2.83. The topological polar surface area (TPSA) is 46.5 Å². The molecule has 0 aromatic carbocycles. The standard InChI is InChI=1S/C5H12O3S/c1-9(7)5-4-8-3-2-6/h6H,2-5H2,1H3. The van der Waals surface area contributed by atoms with Crippen LogP contribution in [0.3, 0.4) is 0 Å². The molecule has 0 aliphatic heterocycles. The van der Waals surface area contributed by atoms with E-state index in [0.29, 0.717) is 19.0 Å². The van der Waals surface area contributed by atoms with Crippen molar-refractivity contribution in [1.82, 2.24) is 0 Å². The monoisotopic (exact) mass is 152 g/mol. The van der Waals surface area contributed by atoms with Gasteiger partial charge in [-0.25, -0.2) is 0 Å². The van der Waals surface area contributed by atoms with Crippen molar-refractivity contribution in [3.8, 4) is 0 Å². The van der Waals surface area contributed by atoms with E-state index in [4.69, 9.17) is 9.84 Å². The summed E-state index contributed by atoms with van der Waals surface area (Å²) in [5, 5.41) is 8.23. The van der Waals surface area contributed by atoms with Gasteiger partial charge in [-0.3, -0.25) is 4.21 Å². The maximum absolute atomic E-state index is 10.4. The van der Waals surface area contributed by atoms with Gasteiger partial charge in [0.2, 0.25) is 0 Å². The predicted octanol–water partition coefficient (Wildman–Crippen LogP) is -0.626. The van der Waals surface area contributed by atoms with E-state index >= 15 is 0 Å². The van der Waals surface area contributed by atoms with Gasteiger partial charge in [-0.1, -0.05) is 0 Å². The minimum Gasteiger partial charge on any atom is -0.394 e. The Morgan fingerprint density at radius 3 is 2.67 bits per heavy atom. The summed E-state index contributed by atoms with van der Waals surface area (Å²) in [6.45, 7) is 0.858. The third-order valence-electron chi connectivity index (χ3n) is 0.751. The molecule has 0 radical (unpaired) electrons. The second-order valence-corrected chi connectivity index (χ2v) is 3.17. The maximum Gasteiger partial charge on any atom is 0.0698 e. The normalized spacial score (nSPS) is 13.6. The quantitative estimate of drug-likeness (QED) is 0.534. The second-order valence-electron chi connectivity index (χ2n) is 1.61. The lowest BCUT2D eigenvalue weighted by atomic mass is 10.7. The van der Waals surface area contributed by atoms with Crippen LogP contribution in [0.4, 0.5) is 0 Å². The fourth-order valence-electron chi connectivity index (χ4n) is 0.343. The first-order valence-electron chi connectivity index (χ1n) is 2.76. The Morgan fingerprint density at radius 1 is 1.56 bits per heavy atom. The fourth-order valence-corrected chi connectivity index (χ4v) is 0.695. The molecule has 0 aromatic rings. The van der Waals surface area contributed by atoms with E-state index < -0.39 is 10.8 Å². The van der Waals surface area contributed by atoms with E-state index in [-0.39, 0.29) is 6.61 Å². The number of hydrogen-bond acceptors (Lipinski definition) is 3. The average Bonchev–Trinajstić information content (AvgIpc) is 1.80. The van der Waals surface area contributed by atoms with Gasteiger partial charge in [0.05, 0.1) is 19.8 Å². The van der Waals surface area contributed by atoms with Crippen LogP contribution in [0, 0.1) is 0 Å². The van der Waals surface area contributed by atoms with Crippen molar-refractivity contribution < 1.29 is 14.1 Å². The highest BCUT2D eigenvalue weighted by molar-refractivity contribution is 7.84. The summed E-state index contributed by atoms with van der Waals surface area (Å²) in [6.07, 6.45) is 1.63. The molecule has 0 rings (SSSR count). The van der Waals surface area contributed by atoms with E-state index in [0.717, 1.165) is 0 Å². The van der Waals surface area contributed by atoms with Gasteiger partial charge in [-0.2, -0.15) is 0 Å². The molecule has 1 unspecified atom stereocenters. The summed E-state index contributed by atoms with van der Waals surface area (Å²) < 4.78 is 15.2. The van der Waals surface area contributed by atoms with E-state index in [1.54, 1.807) is 6.26 Å². The van der Waals surface area contributed by atoms with Crippen molar-refractivity contribution in [2.75, 3.05) is 31.8 Å². The zero-order valence-electron chi connectivity index (χ0n) is 5.50. The number of aliphatic hydroxyl groups excluding tert-OH is 1. The van der Waals surface area contributed by atoms with Crippen molar-refractivity contribution >= 4 is 10.8 Å². The molecule has 0 spiro atoms. The van der Waals surface area contributed by atoms with Gasteiger partial charge >= 0.3 is 0 Å². The van der Waals surface area contributed by atoms with Crippen LogP contribution >= 0.6 is 0 Å². The molecule has 0 fully saturated rings. The lowest BCUT2D eigenvalue weighted by molar-refractivity contribution is 0.103. The molecule has 56 valence electrons. The summed E-state index contributed by atoms with van der Waals surface area (Å²) >= 11 is 0. The molecule has 0 amide bonds. The lowest BCUT2D eigenvalue weighted by Gasteiger charge is -1.97. The van der Waals surface area contributed by atoms with Crippen LogP contribution in [-0.2, 0) is 15.5 Å². The van der Waals surface area contributed by atoms with Crippen LogP contribution in [0.2, 0.25) is 0 Å². The minimum atomic E-state index is -0.776. The summed E-state index contributed by atoms with van der Waals surface area (Å²) in [7, 11) is -0.776. The average molecular weight is 152 g/mol. The first-order chi connectivity index (χ1) is 4.27. The van der Waals surface area contributed by atoms with Crippen LogP contribution < -0.4 is 0 Å². The number of rotatable bonds is 5. The molecule has 0 heterocycles. The Bertz CT molecular complexity index is 84.3. The van der Waals surface area contributed by atoms with Gasteiger partial charge in [-0.05, 0) is 0 Å². The van der Waals surface area contributed by atoms with Gasteiger partial charge in [0, 0.05) is 22.8 Å². The van der Waals surface area contributed by atoms with Crippen LogP contribution in [0.1, 0.15) is 0 Å². The smallest absolute Gasteiger partial charge is 0.0698 e. The van der Waals surface area contributed by atoms with Gasteiger partial charge in [0.15, 0.2) is 0 Å². The molecule has 0 saturated carbocycles. The summed E-state index contributed by atoms with van der Waals surface area (Å²) in [5.41, 5.74) is 0. The van der Waals surface area contributed by atoms with E-state index in [1.807, 2.05) is 0 Å². The third-order valence-corrected chi connectivity index (χ3v) is 1.49. The summed E-state index contributed by atoms with van der Waals surface area (Å²) in [4.78, 5) is 0. The molecule has 9 heavy (non-hydrogen) atoms. The minimum absolute atomic E-state index is 0.0380. The zero-order chi connectivity index (χ0) is 7.11. The van der Waals surface area contributed by atoms with Crippen LogP contribution in [0.15, 0.2) is 0 Å². The van der Waals surface area contributed by atoms with Crippen LogP contribution in [0.5, 0.6) is 0 Å². The maximum atomic E-state index is 10.4. The van der Waals surface area contributed by atoms with Crippen molar-refractivity contribution in [2.45, 2.75) is 0 Å². The molecular formula is C5H12O3S. The molecule has 0 bridgehead atoms. The Labute approximate surface area is 57.5 Å². The Kier molecular flexibility index (Phi) is 6.24. The third kappa shape index (κ3) is 8.07. The van der Waals surface area contributed by atoms with Crippen LogP contribution in [0.25, 0.3) is 0 Å². The number of ether oxygens (including phenoxy) is 1. The molecular weight excluding hydrogens is 140 g/mol. The van der Waals surface area contributed by atoms with E-state index in [9.17, 15) is 4.21 Å². The number of aliphatic hydroxyl groups is 1. The highest BCUT2D eigenvalue weighted by Crippen LogP contribution is 1.77. The second kappa shape index (κ2) is 6.19. The Hall–Kier alpha value is 0.0700. The van der Waals surface area contributed by atoms with Gasteiger partial charge in [-0.15, -0.1) is 0 Å². The predicted molar refractivity (Wildman–Crippen MR) is 36.8 cm³/mol. The first-order valence-corrected chi connectivity index (χ1v) is 4.48. The molecule has 1 N–H and O–H groups in total. The largest absolute Gasteiger partial charge is 0.394 e. The van der Waals surface area contributed by atoms with Crippen molar-refractivity contribution in [2.24, 2.45) is 0 Å². The molecule has 0 aromatic heterocycles. The Morgan fingerprint density at radius 2 is 2.22 bits per heavy atom. The highest BCUT2D eigenvalue weighted by Gasteiger charge is 1.89. The SMILES string of the molecule is CS(=O)CCOCCO. The van der Waals surface area contributed by atoms with E-state index in [2.05, 4.69) is 0 Å². The molecule has 0 aliphatic rings. The molecule has 4 heteroatoms. The molecule has 0 aliphatic carbocycles. The zero-order valence-corrected chi connectivity index (χ0v) is 6.32. The number of hydrogen-bond donors (Lipinski definition) is 1. The van der Waals surface area contributed by atoms with Gasteiger partial charge in [0.1, 0.15) is 0 Å². The van der Waals surface area contributed by atoms with Crippen molar-refractivity contribution in [3.05, 3.63) is 0 Å². The molecule has 3 nitrogen and oxygen atoms in total. The van der Waals surface area contributed by atoms with Crippen LogP contribution in [-0.4, -0.2) is 41.1 Å². The fraction of sp³-hybridized carbons (Fsp3) is 1.00. The molecule has 0 saturated heterocycles. The van der Waals surface area contributed by atoms with Gasteiger partial charge in [0.25, 0.3) is 0 Å². The lowest BCUT2D eigenvalue weighted by Crippen LogP contribution is -2.07.